The average molecular weight is 424 g/mol. The minimum Gasteiger partial charge on any atom is -0.465 e. The number of halogens is 2. The van der Waals surface area contributed by atoms with Gasteiger partial charge in [-0.05, 0) is 43.5 Å². The Hall–Kier alpha value is -2.03. The largest absolute Gasteiger partial charge is 0.465 e. The van der Waals surface area contributed by atoms with Gasteiger partial charge in [0, 0.05) is 10.4 Å². The lowest BCUT2D eigenvalue weighted by molar-refractivity contribution is 0.0606. The summed E-state index contributed by atoms with van der Waals surface area (Å²) in [5.74, 6) is -0.760. The lowest BCUT2D eigenvalue weighted by atomic mass is 9.98. The minimum atomic E-state index is -0.498. The number of anilines is 1. The van der Waals surface area contributed by atoms with E-state index in [9.17, 15) is 9.18 Å². The number of nitrogens with one attached hydrogen (secondary N) is 1. The van der Waals surface area contributed by atoms with Gasteiger partial charge in [-0.1, -0.05) is 22.9 Å². The molecule has 2 aromatic heterocycles. The van der Waals surface area contributed by atoms with E-state index in [0.29, 0.717) is 5.13 Å². The van der Waals surface area contributed by atoms with Gasteiger partial charge >= 0.3 is 5.97 Å². The molecular weight excluding hydrogens is 409 g/mol. The van der Waals surface area contributed by atoms with Crippen LogP contribution in [0, 0.1) is 5.82 Å². The first-order valence-electron chi connectivity index (χ1n) is 8.32. The number of aromatic nitrogens is 2. The first kappa shape index (κ1) is 18.3. The molecule has 3 aromatic rings. The number of aryl methyl sites for hydroxylation is 1. The number of nitrogens with zero attached hydrogens (tertiary/aromatic N) is 2. The van der Waals surface area contributed by atoms with Crippen LogP contribution in [-0.2, 0) is 11.2 Å². The monoisotopic (exact) mass is 423 g/mol. The molecule has 0 saturated heterocycles. The van der Waals surface area contributed by atoms with Crippen LogP contribution in [0.15, 0.2) is 24.3 Å². The molecule has 0 amide bonds. The van der Waals surface area contributed by atoms with E-state index >= 15 is 0 Å². The van der Waals surface area contributed by atoms with Crippen LogP contribution in [0.1, 0.15) is 39.1 Å². The summed E-state index contributed by atoms with van der Waals surface area (Å²) in [6, 6.07) is 6.36. The van der Waals surface area contributed by atoms with E-state index in [-0.39, 0.29) is 21.9 Å². The van der Waals surface area contributed by atoms with Crippen molar-refractivity contribution in [2.45, 2.75) is 25.3 Å². The number of rotatable bonds is 4. The number of methoxy groups -OCH3 is 1. The summed E-state index contributed by atoms with van der Waals surface area (Å²) in [5.41, 5.74) is 1.89. The molecule has 0 saturated carbocycles. The van der Waals surface area contributed by atoms with Crippen molar-refractivity contribution in [3.63, 3.8) is 0 Å². The van der Waals surface area contributed by atoms with Crippen molar-refractivity contribution < 1.29 is 13.9 Å². The van der Waals surface area contributed by atoms with Crippen molar-refractivity contribution >= 4 is 45.4 Å². The lowest BCUT2D eigenvalue weighted by Crippen LogP contribution is -2.16. The molecule has 0 spiro atoms. The smallest absolute Gasteiger partial charge is 0.351 e. The van der Waals surface area contributed by atoms with Crippen LogP contribution in [0.5, 0.6) is 0 Å². The molecule has 1 N–H and O–H groups in total. The van der Waals surface area contributed by atoms with Crippen LogP contribution >= 0.6 is 34.3 Å². The van der Waals surface area contributed by atoms with Crippen molar-refractivity contribution in [3.8, 4) is 10.6 Å². The first-order valence-corrected chi connectivity index (χ1v) is 10.3. The van der Waals surface area contributed by atoms with Gasteiger partial charge in [0.15, 0.2) is 15.2 Å². The van der Waals surface area contributed by atoms with E-state index in [1.807, 2.05) is 0 Å². The fourth-order valence-electron chi connectivity index (χ4n) is 3.01. The third kappa shape index (κ3) is 3.69. The molecule has 0 fully saturated rings. The summed E-state index contributed by atoms with van der Waals surface area (Å²) in [5, 5.41) is 4.93. The van der Waals surface area contributed by atoms with Gasteiger partial charge in [0.25, 0.3) is 0 Å². The van der Waals surface area contributed by atoms with Gasteiger partial charge in [-0.15, -0.1) is 11.3 Å². The van der Waals surface area contributed by atoms with E-state index in [1.165, 1.54) is 35.5 Å². The minimum absolute atomic E-state index is 0.00749. The molecule has 140 valence electrons. The molecule has 1 aliphatic rings. The highest BCUT2D eigenvalue weighted by atomic mass is 35.5. The average Bonchev–Trinajstić information content (AvgIpc) is 3.26. The van der Waals surface area contributed by atoms with Gasteiger partial charge in [0.1, 0.15) is 10.8 Å². The predicted octanol–water partition coefficient (Wildman–Crippen LogP) is 5.34. The molecule has 1 aliphatic carbocycles. The van der Waals surface area contributed by atoms with Crippen molar-refractivity contribution in [3.05, 3.63) is 50.7 Å². The molecule has 5 nitrogen and oxygen atoms in total. The molecule has 0 aliphatic heterocycles. The zero-order chi connectivity index (χ0) is 19.0. The second kappa shape index (κ2) is 7.53. The van der Waals surface area contributed by atoms with Gasteiger partial charge in [-0.2, -0.15) is 0 Å². The maximum Gasteiger partial charge on any atom is 0.351 e. The van der Waals surface area contributed by atoms with E-state index < -0.39 is 5.97 Å². The van der Waals surface area contributed by atoms with Crippen molar-refractivity contribution in [1.29, 1.82) is 0 Å². The maximum absolute atomic E-state index is 13.2. The number of hydrogen-bond acceptors (Lipinski definition) is 7. The second-order valence-electron chi connectivity index (χ2n) is 6.05. The van der Waals surface area contributed by atoms with Crippen LogP contribution in [0.4, 0.5) is 9.52 Å². The van der Waals surface area contributed by atoms with E-state index in [0.717, 1.165) is 35.5 Å². The zero-order valence-electron chi connectivity index (χ0n) is 14.3. The number of hydrogen-bond donors (Lipinski definition) is 1. The molecule has 4 rings (SSSR count). The number of thiazole rings is 2. The summed E-state index contributed by atoms with van der Waals surface area (Å²) >= 11 is 8.85. The van der Waals surface area contributed by atoms with E-state index in [1.54, 1.807) is 23.5 Å². The molecule has 27 heavy (non-hydrogen) atoms. The number of benzene rings is 1. The third-order valence-corrected chi connectivity index (χ3v) is 6.83. The Kier molecular flexibility index (Phi) is 5.12. The summed E-state index contributed by atoms with van der Waals surface area (Å²) in [6.45, 7) is 0. The topological polar surface area (TPSA) is 64.1 Å². The quantitative estimate of drug-likeness (QED) is 0.574. The lowest BCUT2D eigenvalue weighted by Gasteiger charge is -2.21. The molecule has 1 atom stereocenters. The highest BCUT2D eigenvalue weighted by Gasteiger charge is 2.27. The fourth-order valence-corrected chi connectivity index (χ4v) is 5.33. The predicted molar refractivity (Wildman–Crippen MR) is 105 cm³/mol. The summed E-state index contributed by atoms with van der Waals surface area (Å²) in [7, 11) is 1.31. The first-order chi connectivity index (χ1) is 13.0. The molecule has 0 radical (unpaired) electrons. The number of carbonyl (C=O) groups excluding carboxylic acids is 1. The van der Waals surface area contributed by atoms with Gasteiger partial charge < -0.3 is 10.1 Å². The van der Waals surface area contributed by atoms with Gasteiger partial charge in [-0.25, -0.2) is 19.2 Å². The summed E-state index contributed by atoms with van der Waals surface area (Å²) in [4.78, 5) is 22.2. The maximum atomic E-state index is 13.2. The van der Waals surface area contributed by atoms with Gasteiger partial charge in [0.05, 0.1) is 18.8 Å². The number of carbonyl (C=O) groups is 1. The highest BCUT2D eigenvalue weighted by Crippen LogP contribution is 2.39. The normalized spacial score (nSPS) is 16.0. The molecule has 1 aromatic carbocycles. The van der Waals surface area contributed by atoms with Crippen molar-refractivity contribution in [2.75, 3.05) is 12.4 Å². The van der Waals surface area contributed by atoms with Crippen LogP contribution in [0.3, 0.4) is 0 Å². The SMILES string of the molecule is COC(=O)c1sc(NC2CCCc3sc(-c4ccc(F)cc4)nc32)nc1Cl. The second-order valence-corrected chi connectivity index (χ2v) is 8.49. The molecular formula is C18H15ClFN3O2S2. The molecule has 0 bridgehead atoms. The highest BCUT2D eigenvalue weighted by molar-refractivity contribution is 7.18. The van der Waals surface area contributed by atoms with Crippen molar-refractivity contribution in [2.24, 2.45) is 0 Å². The molecule has 1 unspecified atom stereocenters. The number of ether oxygens (including phenoxy) is 1. The Morgan fingerprint density at radius 1 is 1.30 bits per heavy atom. The summed E-state index contributed by atoms with van der Waals surface area (Å²) < 4.78 is 17.9. The van der Waals surface area contributed by atoms with Crippen LogP contribution in [0.25, 0.3) is 10.6 Å². The summed E-state index contributed by atoms with van der Waals surface area (Å²) in [6.07, 6.45) is 2.90. The zero-order valence-corrected chi connectivity index (χ0v) is 16.7. The van der Waals surface area contributed by atoms with Crippen LogP contribution in [0.2, 0.25) is 5.15 Å². The molecule has 9 heteroatoms. The Morgan fingerprint density at radius 2 is 2.07 bits per heavy atom. The Bertz CT molecular complexity index is 987. The standard InChI is InChI=1S/C18H15ClFN3O2S2/c1-25-17(24)14-15(19)23-18(27-14)21-11-3-2-4-12-13(11)22-16(26-12)9-5-7-10(20)8-6-9/h5-8,11H,2-4H2,1H3,(H,21,23). The number of fused-ring (bicyclic) bond motifs is 1. The van der Waals surface area contributed by atoms with Gasteiger partial charge in [0.2, 0.25) is 0 Å². The van der Waals surface area contributed by atoms with Crippen LogP contribution in [-0.4, -0.2) is 23.0 Å². The van der Waals surface area contributed by atoms with Crippen LogP contribution < -0.4 is 5.32 Å². The fraction of sp³-hybridized carbons (Fsp3) is 0.278. The molecule has 2 heterocycles. The van der Waals surface area contributed by atoms with E-state index in [4.69, 9.17) is 21.3 Å². The Labute approximate surface area is 168 Å². The van der Waals surface area contributed by atoms with Crippen molar-refractivity contribution in [1.82, 2.24) is 9.97 Å². The Balaban J connectivity index is 1.60. The van der Waals surface area contributed by atoms with Gasteiger partial charge in [-0.3, -0.25) is 0 Å². The third-order valence-electron chi connectivity index (χ3n) is 4.30. The van der Waals surface area contributed by atoms with E-state index in [2.05, 4.69) is 10.3 Å². The number of esters is 1. The Morgan fingerprint density at radius 3 is 2.81 bits per heavy atom.